The van der Waals surface area contributed by atoms with Gasteiger partial charge >= 0.3 is 0 Å². The molecule has 2 N–H and O–H groups in total. The molecule has 2 aromatic heterocycles. The Morgan fingerprint density at radius 1 is 1.12 bits per heavy atom. The smallest absolute Gasteiger partial charge is 0.111 e. The molecule has 0 saturated carbocycles. The molecule has 0 amide bonds. The lowest BCUT2D eigenvalue weighted by Gasteiger charge is -2.04. The van der Waals surface area contributed by atoms with Crippen LogP contribution >= 0.6 is 0 Å². The van der Waals surface area contributed by atoms with Gasteiger partial charge in [0.2, 0.25) is 0 Å². The molecule has 0 bridgehead atoms. The third-order valence-corrected chi connectivity index (χ3v) is 2.72. The second-order valence-corrected chi connectivity index (χ2v) is 3.99. The van der Waals surface area contributed by atoms with Crippen LogP contribution in [-0.4, -0.2) is 14.8 Å². The van der Waals surface area contributed by atoms with Crippen molar-refractivity contribution in [3.8, 4) is 11.4 Å². The van der Waals surface area contributed by atoms with E-state index in [9.17, 15) is 0 Å². The van der Waals surface area contributed by atoms with Crippen molar-refractivity contribution in [3.63, 3.8) is 0 Å². The molecule has 0 atom stereocenters. The van der Waals surface area contributed by atoms with Gasteiger partial charge in [-0.05, 0) is 18.2 Å². The van der Waals surface area contributed by atoms with Crippen molar-refractivity contribution in [1.82, 2.24) is 14.8 Å². The highest BCUT2D eigenvalue weighted by atomic mass is 15.2. The highest BCUT2D eigenvalue weighted by molar-refractivity contribution is 5.92. The molecule has 84 valence electrons. The Morgan fingerprint density at radius 2 is 1.94 bits per heavy atom. The molecular weight excluding hydrogens is 212 g/mol. The van der Waals surface area contributed by atoms with Gasteiger partial charge in [-0.3, -0.25) is 4.68 Å². The van der Waals surface area contributed by atoms with E-state index in [4.69, 9.17) is 5.73 Å². The second-order valence-electron chi connectivity index (χ2n) is 3.99. The average molecular weight is 224 g/mol. The number of rotatable bonds is 1. The molecule has 4 heteroatoms. The number of fused-ring (bicyclic) bond motifs is 1. The van der Waals surface area contributed by atoms with Crippen LogP contribution < -0.4 is 5.73 Å². The quantitative estimate of drug-likeness (QED) is 0.689. The maximum absolute atomic E-state index is 6.03. The molecule has 0 fully saturated rings. The van der Waals surface area contributed by atoms with E-state index in [2.05, 4.69) is 10.1 Å². The standard InChI is InChI=1S/C13H12N4/c1-17-7-6-12(16-17)13-8-10(14)9-4-2-3-5-11(9)15-13/h2-8H,1H3,(H2,14,15). The SMILES string of the molecule is Cn1ccc(-c2cc(N)c3ccccc3n2)n1. The molecule has 0 aliphatic rings. The first-order chi connectivity index (χ1) is 8.24. The minimum absolute atomic E-state index is 0.733. The number of nitrogens with zero attached hydrogens (tertiary/aromatic N) is 3. The van der Waals surface area contributed by atoms with Gasteiger partial charge in [-0.2, -0.15) is 5.10 Å². The van der Waals surface area contributed by atoms with E-state index >= 15 is 0 Å². The number of pyridine rings is 1. The van der Waals surface area contributed by atoms with Gasteiger partial charge in [0.15, 0.2) is 0 Å². The minimum Gasteiger partial charge on any atom is -0.398 e. The molecular formula is C13H12N4. The molecule has 0 aliphatic heterocycles. The number of anilines is 1. The van der Waals surface area contributed by atoms with E-state index in [0.717, 1.165) is 28.0 Å². The first kappa shape index (κ1) is 9.84. The maximum atomic E-state index is 6.03. The summed E-state index contributed by atoms with van der Waals surface area (Å²) in [6.07, 6.45) is 1.89. The summed E-state index contributed by atoms with van der Waals surface area (Å²) in [4.78, 5) is 4.56. The van der Waals surface area contributed by atoms with E-state index in [1.54, 1.807) is 4.68 Å². The van der Waals surface area contributed by atoms with Crippen molar-refractivity contribution in [2.75, 3.05) is 5.73 Å². The van der Waals surface area contributed by atoms with Crippen molar-refractivity contribution < 1.29 is 0 Å². The van der Waals surface area contributed by atoms with Crippen LogP contribution in [0.4, 0.5) is 5.69 Å². The number of nitrogen functional groups attached to an aromatic ring is 1. The van der Waals surface area contributed by atoms with Crippen LogP contribution in [0.15, 0.2) is 42.6 Å². The fourth-order valence-corrected chi connectivity index (χ4v) is 1.89. The fraction of sp³-hybridized carbons (Fsp3) is 0.0769. The highest BCUT2D eigenvalue weighted by Gasteiger charge is 2.06. The van der Waals surface area contributed by atoms with Crippen molar-refractivity contribution in [2.45, 2.75) is 0 Å². The average Bonchev–Trinajstić information content (AvgIpc) is 2.76. The zero-order valence-corrected chi connectivity index (χ0v) is 9.46. The highest BCUT2D eigenvalue weighted by Crippen LogP contribution is 2.24. The van der Waals surface area contributed by atoms with E-state index in [1.165, 1.54) is 0 Å². The molecule has 0 radical (unpaired) electrons. The van der Waals surface area contributed by atoms with E-state index in [0.29, 0.717) is 0 Å². The Labute approximate surface area is 98.7 Å². The maximum Gasteiger partial charge on any atom is 0.111 e. The first-order valence-electron chi connectivity index (χ1n) is 5.39. The molecule has 17 heavy (non-hydrogen) atoms. The van der Waals surface area contributed by atoms with Gasteiger partial charge in [-0.25, -0.2) is 4.98 Å². The third kappa shape index (κ3) is 1.63. The number of nitrogens with two attached hydrogens (primary N) is 1. The summed E-state index contributed by atoms with van der Waals surface area (Å²) in [5, 5.41) is 5.31. The van der Waals surface area contributed by atoms with Crippen LogP contribution in [0, 0.1) is 0 Å². The van der Waals surface area contributed by atoms with Gasteiger partial charge in [0, 0.05) is 24.3 Å². The van der Waals surface area contributed by atoms with Crippen molar-refractivity contribution >= 4 is 16.6 Å². The first-order valence-corrected chi connectivity index (χ1v) is 5.39. The van der Waals surface area contributed by atoms with Crippen LogP contribution in [-0.2, 0) is 7.05 Å². The fourth-order valence-electron chi connectivity index (χ4n) is 1.89. The number of benzene rings is 1. The largest absolute Gasteiger partial charge is 0.398 e. The predicted molar refractivity (Wildman–Crippen MR) is 68.4 cm³/mol. The molecule has 3 rings (SSSR count). The molecule has 4 nitrogen and oxygen atoms in total. The predicted octanol–water partition coefficient (Wildman–Crippen LogP) is 2.22. The summed E-state index contributed by atoms with van der Waals surface area (Å²) in [7, 11) is 1.88. The Morgan fingerprint density at radius 3 is 2.71 bits per heavy atom. The van der Waals surface area contributed by atoms with Crippen LogP contribution in [0.2, 0.25) is 0 Å². The summed E-state index contributed by atoms with van der Waals surface area (Å²) < 4.78 is 1.75. The number of hydrogen-bond acceptors (Lipinski definition) is 3. The summed E-state index contributed by atoms with van der Waals surface area (Å²) in [6, 6.07) is 11.6. The molecule has 0 spiro atoms. The lowest BCUT2D eigenvalue weighted by molar-refractivity contribution is 0.770. The minimum atomic E-state index is 0.733. The van der Waals surface area contributed by atoms with Crippen LogP contribution in [0.25, 0.3) is 22.3 Å². The number of hydrogen-bond donors (Lipinski definition) is 1. The van der Waals surface area contributed by atoms with E-state index < -0.39 is 0 Å². The second kappa shape index (κ2) is 3.59. The molecule has 0 saturated heterocycles. The summed E-state index contributed by atoms with van der Waals surface area (Å²) in [6.45, 7) is 0. The number of aryl methyl sites for hydroxylation is 1. The zero-order valence-electron chi connectivity index (χ0n) is 9.46. The van der Waals surface area contributed by atoms with Crippen LogP contribution in [0.1, 0.15) is 0 Å². The summed E-state index contributed by atoms with van der Waals surface area (Å²) in [5.41, 5.74) is 9.30. The lowest BCUT2D eigenvalue weighted by atomic mass is 10.1. The van der Waals surface area contributed by atoms with Crippen LogP contribution in [0.5, 0.6) is 0 Å². The van der Waals surface area contributed by atoms with Crippen LogP contribution in [0.3, 0.4) is 0 Å². The van der Waals surface area contributed by atoms with Crippen molar-refractivity contribution in [1.29, 1.82) is 0 Å². The van der Waals surface area contributed by atoms with Gasteiger partial charge in [0.1, 0.15) is 5.69 Å². The van der Waals surface area contributed by atoms with Gasteiger partial charge < -0.3 is 5.73 Å². The summed E-state index contributed by atoms with van der Waals surface area (Å²) in [5.74, 6) is 0. The van der Waals surface area contributed by atoms with E-state index in [1.807, 2.05) is 49.6 Å². The number of aromatic nitrogens is 3. The van der Waals surface area contributed by atoms with E-state index in [-0.39, 0.29) is 0 Å². The monoisotopic (exact) mass is 224 g/mol. The Kier molecular flexibility index (Phi) is 2.08. The number of para-hydroxylation sites is 1. The van der Waals surface area contributed by atoms with Gasteiger partial charge in [0.05, 0.1) is 11.2 Å². The molecule has 0 aliphatic carbocycles. The zero-order chi connectivity index (χ0) is 11.8. The van der Waals surface area contributed by atoms with Crippen molar-refractivity contribution in [2.24, 2.45) is 7.05 Å². The topological polar surface area (TPSA) is 56.7 Å². The molecule has 1 aromatic carbocycles. The molecule has 2 heterocycles. The summed E-state index contributed by atoms with van der Waals surface area (Å²) >= 11 is 0. The van der Waals surface area contributed by atoms with Gasteiger partial charge in [0.25, 0.3) is 0 Å². The molecule has 0 unspecified atom stereocenters. The Bertz CT molecular complexity index is 685. The van der Waals surface area contributed by atoms with Crippen molar-refractivity contribution in [3.05, 3.63) is 42.6 Å². The van der Waals surface area contributed by atoms with Gasteiger partial charge in [-0.1, -0.05) is 18.2 Å². The Hall–Kier alpha value is -2.36. The normalized spacial score (nSPS) is 10.9. The lowest BCUT2D eigenvalue weighted by Crippen LogP contribution is -1.94. The molecule has 3 aromatic rings. The third-order valence-electron chi connectivity index (χ3n) is 2.72. The van der Waals surface area contributed by atoms with Gasteiger partial charge in [-0.15, -0.1) is 0 Å². The Balaban J connectivity index is 2.25.